The first-order valence-corrected chi connectivity index (χ1v) is 7.23. The first kappa shape index (κ1) is 15.8. The molecule has 0 heterocycles. The third-order valence-corrected chi connectivity index (χ3v) is 3.05. The third-order valence-electron chi connectivity index (χ3n) is 3.05. The van der Waals surface area contributed by atoms with Crippen molar-refractivity contribution < 1.29 is 14.3 Å². The fourth-order valence-corrected chi connectivity index (χ4v) is 2.05. The molecule has 2 aromatic rings. The summed E-state index contributed by atoms with van der Waals surface area (Å²) in [6, 6.07) is 16.7. The number of Topliss-reactive ketones (excluding diaryl/α,β-unsaturated/α-hetero) is 1. The Morgan fingerprint density at radius 1 is 1.00 bits per heavy atom. The van der Waals surface area contributed by atoms with Gasteiger partial charge in [-0.15, -0.1) is 0 Å². The van der Waals surface area contributed by atoms with E-state index >= 15 is 0 Å². The molecule has 0 amide bonds. The van der Waals surface area contributed by atoms with Crippen molar-refractivity contribution in [2.24, 2.45) is 0 Å². The minimum Gasteiger partial charge on any atom is -0.493 e. The molecule has 0 fully saturated rings. The smallest absolute Gasteiger partial charge is 0.227 e. The number of methoxy groups -OCH3 is 1. The summed E-state index contributed by atoms with van der Waals surface area (Å²) in [6.07, 6.45) is 1.78. The molecule has 0 radical (unpaired) electrons. The van der Waals surface area contributed by atoms with Crippen LogP contribution >= 0.6 is 0 Å². The Hall–Kier alpha value is -2.55. The summed E-state index contributed by atoms with van der Waals surface area (Å²) >= 11 is 0. The van der Waals surface area contributed by atoms with Gasteiger partial charge in [-0.05, 0) is 26.0 Å². The molecule has 0 aromatic heterocycles. The molecule has 0 atom stereocenters. The van der Waals surface area contributed by atoms with Crippen molar-refractivity contribution in [3.63, 3.8) is 0 Å². The molecule has 0 aliphatic rings. The second-order valence-corrected chi connectivity index (χ2v) is 5.11. The first-order valence-electron chi connectivity index (χ1n) is 7.23. The highest BCUT2D eigenvalue weighted by Gasteiger charge is 2.14. The van der Waals surface area contributed by atoms with Gasteiger partial charge < -0.3 is 9.47 Å². The number of hydrogen-bond donors (Lipinski definition) is 0. The van der Waals surface area contributed by atoms with Crippen LogP contribution in [0.3, 0.4) is 0 Å². The average Bonchev–Trinajstić information content (AvgIpc) is 2.53. The number of carbonyl (C=O) groups is 1. The number of allylic oxidation sites excluding steroid dienone is 1. The molecule has 0 N–H and O–H groups in total. The number of benzene rings is 2. The van der Waals surface area contributed by atoms with E-state index in [9.17, 15) is 4.79 Å². The van der Waals surface area contributed by atoms with Crippen molar-refractivity contribution in [2.75, 3.05) is 7.11 Å². The zero-order valence-corrected chi connectivity index (χ0v) is 13.1. The van der Waals surface area contributed by atoms with E-state index in [1.54, 1.807) is 18.2 Å². The van der Waals surface area contributed by atoms with E-state index in [0.717, 1.165) is 11.3 Å². The van der Waals surface area contributed by atoms with Crippen LogP contribution < -0.4 is 4.74 Å². The Labute approximate surface area is 131 Å². The minimum absolute atomic E-state index is 0.0605. The molecule has 0 aliphatic carbocycles. The van der Waals surface area contributed by atoms with E-state index in [4.69, 9.17) is 9.47 Å². The van der Waals surface area contributed by atoms with Gasteiger partial charge in [-0.3, -0.25) is 4.79 Å². The standard InChI is InChI=1S/C19H20O3/c1-14(2)22-17-12-8-7-11-16(17)13-18(21-3)19(20)15-9-5-4-6-10-15/h4-14H,1-3H3. The van der Waals surface area contributed by atoms with E-state index in [1.165, 1.54) is 7.11 Å². The van der Waals surface area contributed by atoms with Crippen LogP contribution in [0.5, 0.6) is 5.75 Å². The monoisotopic (exact) mass is 296 g/mol. The number of rotatable bonds is 6. The fraction of sp³-hybridized carbons (Fsp3) is 0.211. The normalized spacial score (nSPS) is 11.4. The van der Waals surface area contributed by atoms with Crippen molar-refractivity contribution in [1.82, 2.24) is 0 Å². The molecule has 0 saturated heterocycles. The lowest BCUT2D eigenvalue weighted by Crippen LogP contribution is -2.08. The molecule has 0 aliphatic heterocycles. The molecular formula is C19H20O3. The number of hydrogen-bond acceptors (Lipinski definition) is 3. The van der Waals surface area contributed by atoms with E-state index in [-0.39, 0.29) is 17.6 Å². The van der Waals surface area contributed by atoms with Crippen LogP contribution in [0.2, 0.25) is 0 Å². The summed E-state index contributed by atoms with van der Waals surface area (Å²) in [4.78, 5) is 12.5. The second-order valence-electron chi connectivity index (χ2n) is 5.11. The van der Waals surface area contributed by atoms with Crippen LogP contribution in [0, 0.1) is 0 Å². The molecule has 0 saturated carbocycles. The topological polar surface area (TPSA) is 35.5 Å². The van der Waals surface area contributed by atoms with E-state index in [0.29, 0.717) is 5.56 Å². The number of ketones is 1. The van der Waals surface area contributed by atoms with Crippen molar-refractivity contribution >= 4 is 11.9 Å². The fourth-order valence-electron chi connectivity index (χ4n) is 2.05. The Morgan fingerprint density at radius 2 is 1.64 bits per heavy atom. The molecule has 114 valence electrons. The molecule has 0 bridgehead atoms. The Kier molecular flexibility index (Phi) is 5.37. The Morgan fingerprint density at radius 3 is 2.27 bits per heavy atom. The predicted molar refractivity (Wildman–Crippen MR) is 88.0 cm³/mol. The molecule has 0 spiro atoms. The van der Waals surface area contributed by atoms with Crippen molar-refractivity contribution in [3.05, 3.63) is 71.5 Å². The highest BCUT2D eigenvalue weighted by molar-refractivity contribution is 6.09. The lowest BCUT2D eigenvalue weighted by Gasteiger charge is -2.13. The van der Waals surface area contributed by atoms with Gasteiger partial charge in [-0.1, -0.05) is 48.5 Å². The van der Waals surface area contributed by atoms with Crippen LogP contribution in [0.25, 0.3) is 6.08 Å². The van der Waals surface area contributed by atoms with Crippen LogP contribution in [0.4, 0.5) is 0 Å². The average molecular weight is 296 g/mol. The number of carbonyl (C=O) groups excluding carboxylic acids is 1. The maximum absolute atomic E-state index is 12.5. The van der Waals surface area contributed by atoms with Crippen LogP contribution in [0.15, 0.2) is 60.4 Å². The van der Waals surface area contributed by atoms with E-state index < -0.39 is 0 Å². The summed E-state index contributed by atoms with van der Waals surface area (Å²) < 4.78 is 11.1. The summed E-state index contributed by atoms with van der Waals surface area (Å²) in [5.74, 6) is 0.862. The maximum atomic E-state index is 12.5. The largest absolute Gasteiger partial charge is 0.493 e. The highest BCUT2D eigenvalue weighted by Crippen LogP contribution is 2.23. The van der Waals surface area contributed by atoms with Gasteiger partial charge in [0.05, 0.1) is 13.2 Å². The second kappa shape index (κ2) is 7.46. The van der Waals surface area contributed by atoms with Crippen molar-refractivity contribution in [3.8, 4) is 5.75 Å². The first-order chi connectivity index (χ1) is 10.6. The van der Waals surface area contributed by atoms with Gasteiger partial charge in [0.2, 0.25) is 5.78 Å². The van der Waals surface area contributed by atoms with E-state index in [2.05, 4.69) is 0 Å². The van der Waals surface area contributed by atoms with Crippen LogP contribution in [-0.2, 0) is 4.74 Å². The molecular weight excluding hydrogens is 276 g/mol. The molecule has 3 nitrogen and oxygen atoms in total. The predicted octanol–water partition coefficient (Wildman–Crippen LogP) is 4.34. The minimum atomic E-state index is -0.151. The maximum Gasteiger partial charge on any atom is 0.227 e. The molecule has 0 unspecified atom stereocenters. The lowest BCUT2D eigenvalue weighted by atomic mass is 10.1. The zero-order chi connectivity index (χ0) is 15.9. The summed E-state index contributed by atoms with van der Waals surface area (Å²) in [6.45, 7) is 3.93. The van der Waals surface area contributed by atoms with Gasteiger partial charge in [0, 0.05) is 11.1 Å². The van der Waals surface area contributed by atoms with Crippen molar-refractivity contribution in [1.29, 1.82) is 0 Å². The van der Waals surface area contributed by atoms with Gasteiger partial charge in [0.1, 0.15) is 5.75 Å². The van der Waals surface area contributed by atoms with Crippen LogP contribution in [0.1, 0.15) is 29.8 Å². The van der Waals surface area contributed by atoms with Gasteiger partial charge in [-0.2, -0.15) is 0 Å². The summed E-state index contributed by atoms with van der Waals surface area (Å²) in [7, 11) is 1.50. The summed E-state index contributed by atoms with van der Waals surface area (Å²) in [5, 5.41) is 0. The van der Waals surface area contributed by atoms with Gasteiger partial charge in [0.25, 0.3) is 0 Å². The summed E-state index contributed by atoms with van der Waals surface area (Å²) in [5.41, 5.74) is 1.41. The Balaban J connectivity index is 2.35. The van der Waals surface area contributed by atoms with Gasteiger partial charge in [-0.25, -0.2) is 0 Å². The highest BCUT2D eigenvalue weighted by atomic mass is 16.5. The SMILES string of the molecule is COC(=Cc1ccccc1OC(C)C)C(=O)c1ccccc1. The quantitative estimate of drug-likeness (QED) is 0.452. The molecule has 2 rings (SSSR count). The molecule has 3 heteroatoms. The Bertz CT molecular complexity index is 657. The molecule has 22 heavy (non-hydrogen) atoms. The lowest BCUT2D eigenvalue weighted by molar-refractivity contribution is 0.0957. The van der Waals surface area contributed by atoms with Gasteiger partial charge in [0.15, 0.2) is 5.76 Å². The van der Waals surface area contributed by atoms with Crippen LogP contribution in [-0.4, -0.2) is 19.0 Å². The number of ether oxygens (including phenoxy) is 2. The van der Waals surface area contributed by atoms with Crippen molar-refractivity contribution in [2.45, 2.75) is 20.0 Å². The van der Waals surface area contributed by atoms with E-state index in [1.807, 2.05) is 56.3 Å². The molecule has 2 aromatic carbocycles. The zero-order valence-electron chi connectivity index (χ0n) is 13.1. The number of para-hydroxylation sites is 1. The van der Waals surface area contributed by atoms with Gasteiger partial charge >= 0.3 is 0 Å². The third kappa shape index (κ3) is 3.98.